The number of amidine groups is 1. The predicted octanol–water partition coefficient (Wildman–Crippen LogP) is 0.994. The van der Waals surface area contributed by atoms with Crippen molar-refractivity contribution in [3.8, 4) is 5.75 Å². The van der Waals surface area contributed by atoms with Crippen molar-refractivity contribution in [2.45, 2.75) is 19.4 Å². The molecule has 1 aromatic carbocycles. The number of aliphatic hydroxyl groups excluding tert-OH is 1. The lowest BCUT2D eigenvalue weighted by Crippen LogP contribution is -2.34. The van der Waals surface area contributed by atoms with E-state index in [-0.39, 0.29) is 12.4 Å². The van der Waals surface area contributed by atoms with Gasteiger partial charge in [0.2, 0.25) is 0 Å². The molecule has 0 atom stereocenters. The van der Waals surface area contributed by atoms with Crippen LogP contribution in [0.2, 0.25) is 0 Å². The quantitative estimate of drug-likeness (QED) is 0.326. The molecule has 1 saturated heterocycles. The molecule has 1 aliphatic rings. The van der Waals surface area contributed by atoms with Gasteiger partial charge in [-0.25, -0.2) is 0 Å². The molecule has 6 heteroatoms. The highest BCUT2D eigenvalue weighted by Crippen LogP contribution is 2.24. The number of rotatable bonds is 5. The Morgan fingerprint density at radius 3 is 2.71 bits per heavy atom. The molecule has 1 aromatic rings. The third kappa shape index (κ3) is 3.86. The zero-order valence-electron chi connectivity index (χ0n) is 12.3. The zero-order chi connectivity index (χ0) is 15.2. The second-order valence-electron chi connectivity index (χ2n) is 5.41. The molecule has 2 rings (SSSR count). The lowest BCUT2D eigenvalue weighted by Gasteiger charge is -2.31. The van der Waals surface area contributed by atoms with Gasteiger partial charge in [0.1, 0.15) is 5.75 Å². The van der Waals surface area contributed by atoms with E-state index in [1.165, 1.54) is 0 Å². The monoisotopic (exact) mass is 293 g/mol. The maximum Gasteiger partial charge on any atom is 0.170 e. The van der Waals surface area contributed by atoms with Gasteiger partial charge in [0.25, 0.3) is 0 Å². The van der Waals surface area contributed by atoms with Crippen LogP contribution in [0.15, 0.2) is 23.4 Å². The van der Waals surface area contributed by atoms with Crippen LogP contribution in [0.5, 0.6) is 5.75 Å². The minimum Gasteiger partial charge on any atom is -0.496 e. The molecule has 0 saturated carbocycles. The van der Waals surface area contributed by atoms with Crippen molar-refractivity contribution < 1.29 is 15.1 Å². The summed E-state index contributed by atoms with van der Waals surface area (Å²) in [6, 6.07) is 5.50. The summed E-state index contributed by atoms with van der Waals surface area (Å²) in [6.07, 6.45) is 2.03. The number of hydrogen-bond acceptors (Lipinski definition) is 5. The van der Waals surface area contributed by atoms with E-state index in [1.807, 2.05) is 12.1 Å². The van der Waals surface area contributed by atoms with Crippen LogP contribution < -0.4 is 10.5 Å². The summed E-state index contributed by atoms with van der Waals surface area (Å²) in [6.45, 7) is 2.95. The standard InChI is InChI=1S/C15H23N3O3/c1-21-14-3-2-12(15(16)17-20)8-13(14)9-18-6-4-11(10-19)5-7-18/h2-3,8,11,19-20H,4-7,9-10H2,1H3,(H2,16,17). The molecule has 0 aliphatic carbocycles. The molecule has 0 amide bonds. The maximum absolute atomic E-state index is 9.18. The van der Waals surface area contributed by atoms with E-state index in [9.17, 15) is 5.11 Å². The number of nitrogens with zero attached hydrogens (tertiary/aromatic N) is 2. The summed E-state index contributed by atoms with van der Waals surface area (Å²) in [5, 5.41) is 21.0. The fourth-order valence-corrected chi connectivity index (χ4v) is 2.69. The van der Waals surface area contributed by atoms with Gasteiger partial charge in [-0.1, -0.05) is 5.16 Å². The van der Waals surface area contributed by atoms with Crippen LogP contribution in [0.1, 0.15) is 24.0 Å². The summed E-state index contributed by atoms with van der Waals surface area (Å²) in [4.78, 5) is 2.33. The van der Waals surface area contributed by atoms with Crippen LogP contribution >= 0.6 is 0 Å². The Labute approximate surface area is 124 Å². The summed E-state index contributed by atoms with van der Waals surface area (Å²) >= 11 is 0. The van der Waals surface area contributed by atoms with Crippen molar-refractivity contribution in [2.24, 2.45) is 16.8 Å². The van der Waals surface area contributed by atoms with Crippen LogP contribution in [0.4, 0.5) is 0 Å². The Bertz CT molecular complexity index is 497. The summed E-state index contributed by atoms with van der Waals surface area (Å²) < 4.78 is 5.39. The fourth-order valence-electron chi connectivity index (χ4n) is 2.69. The Morgan fingerprint density at radius 2 is 2.14 bits per heavy atom. The van der Waals surface area contributed by atoms with Crippen LogP contribution in [-0.4, -0.2) is 47.9 Å². The molecule has 0 radical (unpaired) electrons. The number of benzene rings is 1. The lowest BCUT2D eigenvalue weighted by atomic mass is 9.97. The second-order valence-corrected chi connectivity index (χ2v) is 5.41. The van der Waals surface area contributed by atoms with Crippen molar-refractivity contribution in [1.29, 1.82) is 0 Å². The number of likely N-dealkylation sites (tertiary alicyclic amines) is 1. The molecular weight excluding hydrogens is 270 g/mol. The highest BCUT2D eigenvalue weighted by atomic mass is 16.5. The van der Waals surface area contributed by atoms with E-state index in [4.69, 9.17) is 15.7 Å². The third-order valence-electron chi connectivity index (χ3n) is 4.04. The van der Waals surface area contributed by atoms with Crippen molar-refractivity contribution in [3.63, 3.8) is 0 Å². The average Bonchev–Trinajstić information content (AvgIpc) is 2.54. The normalized spacial score (nSPS) is 17.9. The van der Waals surface area contributed by atoms with Crippen LogP contribution in [0.25, 0.3) is 0 Å². The van der Waals surface area contributed by atoms with Crippen molar-refractivity contribution in [3.05, 3.63) is 29.3 Å². The lowest BCUT2D eigenvalue weighted by molar-refractivity contribution is 0.127. The Balaban J connectivity index is 2.11. The molecule has 0 aromatic heterocycles. The minimum absolute atomic E-state index is 0.0953. The van der Waals surface area contributed by atoms with Crippen LogP contribution in [-0.2, 0) is 6.54 Å². The highest BCUT2D eigenvalue weighted by molar-refractivity contribution is 5.97. The summed E-state index contributed by atoms with van der Waals surface area (Å²) in [7, 11) is 1.64. The molecule has 0 bridgehead atoms. The van der Waals surface area contributed by atoms with Gasteiger partial charge in [0.15, 0.2) is 5.84 Å². The number of aliphatic hydroxyl groups is 1. The van der Waals surface area contributed by atoms with Gasteiger partial charge in [-0.05, 0) is 50.0 Å². The predicted molar refractivity (Wildman–Crippen MR) is 80.6 cm³/mol. The van der Waals surface area contributed by atoms with E-state index < -0.39 is 0 Å². The third-order valence-corrected chi connectivity index (χ3v) is 4.04. The van der Waals surface area contributed by atoms with Crippen molar-refractivity contribution >= 4 is 5.84 Å². The van der Waals surface area contributed by atoms with Gasteiger partial charge in [0.05, 0.1) is 7.11 Å². The first-order chi connectivity index (χ1) is 10.2. The molecule has 0 spiro atoms. The van der Waals surface area contributed by atoms with Gasteiger partial charge >= 0.3 is 0 Å². The number of nitrogens with two attached hydrogens (primary N) is 1. The van der Waals surface area contributed by atoms with Crippen molar-refractivity contribution in [1.82, 2.24) is 4.90 Å². The molecule has 116 valence electrons. The Morgan fingerprint density at radius 1 is 1.43 bits per heavy atom. The van der Waals surface area contributed by atoms with Crippen LogP contribution in [0.3, 0.4) is 0 Å². The van der Waals surface area contributed by atoms with E-state index in [0.717, 1.165) is 43.8 Å². The van der Waals surface area contributed by atoms with Gasteiger partial charge in [0, 0.05) is 24.3 Å². The highest BCUT2D eigenvalue weighted by Gasteiger charge is 2.19. The average molecular weight is 293 g/mol. The van der Waals surface area contributed by atoms with E-state index >= 15 is 0 Å². The number of methoxy groups -OCH3 is 1. The van der Waals surface area contributed by atoms with E-state index in [0.29, 0.717) is 11.5 Å². The van der Waals surface area contributed by atoms with Crippen LogP contribution in [0, 0.1) is 5.92 Å². The van der Waals surface area contributed by atoms with Gasteiger partial charge in [-0.3, -0.25) is 4.90 Å². The smallest absolute Gasteiger partial charge is 0.170 e. The summed E-state index contributed by atoms with van der Waals surface area (Å²) in [5.41, 5.74) is 7.34. The van der Waals surface area contributed by atoms with Crippen molar-refractivity contribution in [2.75, 3.05) is 26.8 Å². The number of hydrogen-bond donors (Lipinski definition) is 3. The Kier molecular flexibility index (Phi) is 5.41. The molecule has 1 aliphatic heterocycles. The molecule has 1 heterocycles. The number of ether oxygens (including phenoxy) is 1. The first-order valence-corrected chi connectivity index (χ1v) is 7.16. The fraction of sp³-hybridized carbons (Fsp3) is 0.533. The number of piperidine rings is 1. The van der Waals surface area contributed by atoms with E-state index in [2.05, 4.69) is 10.1 Å². The zero-order valence-corrected chi connectivity index (χ0v) is 12.3. The first-order valence-electron chi connectivity index (χ1n) is 7.16. The molecule has 4 N–H and O–H groups in total. The molecule has 21 heavy (non-hydrogen) atoms. The van der Waals surface area contributed by atoms with Gasteiger partial charge in [-0.2, -0.15) is 0 Å². The molecular formula is C15H23N3O3. The molecule has 1 fully saturated rings. The maximum atomic E-state index is 9.18. The topological polar surface area (TPSA) is 91.3 Å². The summed E-state index contributed by atoms with van der Waals surface area (Å²) in [5.74, 6) is 1.32. The van der Waals surface area contributed by atoms with Gasteiger partial charge < -0.3 is 20.8 Å². The largest absolute Gasteiger partial charge is 0.496 e. The van der Waals surface area contributed by atoms with E-state index in [1.54, 1.807) is 13.2 Å². The minimum atomic E-state index is 0.0953. The van der Waals surface area contributed by atoms with Gasteiger partial charge in [-0.15, -0.1) is 0 Å². The SMILES string of the molecule is COc1ccc(/C(N)=N/O)cc1CN1CCC(CO)CC1. The molecule has 0 unspecified atom stereocenters. The first kappa shape index (κ1) is 15.6. The molecule has 6 nitrogen and oxygen atoms in total. The second kappa shape index (κ2) is 7.28. The number of oxime groups is 1. The Hall–Kier alpha value is -1.79.